The van der Waals surface area contributed by atoms with E-state index in [1.165, 1.54) is 30.3 Å². The highest BCUT2D eigenvalue weighted by Crippen LogP contribution is 2.24. The molecule has 0 aliphatic carbocycles. The molecule has 0 aliphatic heterocycles. The van der Waals surface area contributed by atoms with Gasteiger partial charge in [-0.2, -0.15) is 0 Å². The average Bonchev–Trinajstić information content (AvgIpc) is 2.82. The number of ketones is 1. The number of unbranched alkanes of at least 4 members (excludes halogenated alkanes) is 4. The molecule has 0 radical (unpaired) electrons. The van der Waals surface area contributed by atoms with Crippen LogP contribution in [0.5, 0.6) is 5.75 Å². The highest BCUT2D eigenvalue weighted by molar-refractivity contribution is 6.01. The Balaban J connectivity index is 2.15. The lowest BCUT2D eigenvalue weighted by Crippen LogP contribution is -2.18. The van der Waals surface area contributed by atoms with Gasteiger partial charge in [0.25, 0.3) is 0 Å². The maximum Gasteiger partial charge on any atom is 0.514 e. The molecule has 34 heavy (non-hydrogen) atoms. The molecule has 0 N–H and O–H groups in total. The van der Waals surface area contributed by atoms with E-state index in [-0.39, 0.29) is 28.2 Å². The van der Waals surface area contributed by atoms with Crippen LogP contribution >= 0.6 is 0 Å². The van der Waals surface area contributed by atoms with E-state index in [9.17, 15) is 19.2 Å². The molecule has 2 rings (SSSR count). The lowest BCUT2D eigenvalue weighted by Gasteiger charge is -2.12. The fraction of sp³-hybridized carbons (Fsp3) is 0.385. The monoisotopic (exact) mass is 470 g/mol. The Bertz CT molecular complexity index is 982. The summed E-state index contributed by atoms with van der Waals surface area (Å²) in [5.74, 6) is -2.33. The summed E-state index contributed by atoms with van der Waals surface area (Å²) in [4.78, 5) is 58.6. The van der Waals surface area contributed by atoms with Crippen molar-refractivity contribution in [2.45, 2.75) is 65.4 Å². The smallest absolute Gasteiger partial charge is 0.431 e. The second kappa shape index (κ2) is 13.8. The molecule has 0 saturated carbocycles. The molecular weight excluding hydrogens is 440 g/mol. The fourth-order valence-electron chi connectivity index (χ4n) is 3.03. The van der Waals surface area contributed by atoms with E-state index in [4.69, 9.17) is 9.47 Å². The molecule has 2 aromatic carbocycles. The first-order valence-electron chi connectivity index (χ1n) is 11.4. The second-order valence-electron chi connectivity index (χ2n) is 7.92. The summed E-state index contributed by atoms with van der Waals surface area (Å²) >= 11 is 0. The van der Waals surface area contributed by atoms with Crippen molar-refractivity contribution >= 4 is 23.9 Å². The third-order valence-electron chi connectivity index (χ3n) is 4.76. The number of carbonyl (C=O) groups is 4. The molecule has 0 spiro atoms. The molecule has 0 aromatic heterocycles. The molecule has 0 amide bonds. The van der Waals surface area contributed by atoms with Crippen LogP contribution < -0.4 is 4.74 Å². The number of benzene rings is 2. The van der Waals surface area contributed by atoms with Gasteiger partial charge >= 0.3 is 18.1 Å². The summed E-state index contributed by atoms with van der Waals surface area (Å²) in [6, 6.07) is 12.0. The molecule has 0 aliphatic rings. The topological polar surface area (TPSA) is 105 Å². The van der Waals surface area contributed by atoms with Crippen molar-refractivity contribution in [1.29, 1.82) is 0 Å². The summed E-state index contributed by atoms with van der Waals surface area (Å²) in [7, 11) is 0. The van der Waals surface area contributed by atoms with Crippen LogP contribution in [0.1, 0.15) is 90.4 Å². The van der Waals surface area contributed by atoms with Crippen molar-refractivity contribution < 1.29 is 38.4 Å². The third-order valence-corrected chi connectivity index (χ3v) is 4.76. The van der Waals surface area contributed by atoms with Crippen LogP contribution in [0.4, 0.5) is 4.79 Å². The van der Waals surface area contributed by atoms with Gasteiger partial charge in [-0.15, -0.1) is 0 Å². The van der Waals surface area contributed by atoms with Crippen LogP contribution in [-0.4, -0.2) is 30.0 Å². The van der Waals surface area contributed by atoms with Crippen LogP contribution in [0.2, 0.25) is 0 Å². The molecule has 2 aromatic rings. The minimum atomic E-state index is -1.10. The Kier molecular flexibility index (Phi) is 10.8. The fourth-order valence-corrected chi connectivity index (χ4v) is 3.03. The SMILES string of the molecule is CCCCCCCC(=O)c1ccc(OC(=O)OC(C)C)c(C(=O)OOC(=O)c2ccccc2)c1. The number of ether oxygens (including phenoxy) is 2. The quantitative estimate of drug-likeness (QED) is 0.0971. The molecule has 0 fully saturated rings. The van der Waals surface area contributed by atoms with Gasteiger partial charge in [0.05, 0.1) is 11.7 Å². The predicted molar refractivity (Wildman–Crippen MR) is 124 cm³/mol. The van der Waals surface area contributed by atoms with Gasteiger partial charge in [-0.05, 0) is 50.6 Å². The van der Waals surface area contributed by atoms with Crippen molar-refractivity contribution in [2.24, 2.45) is 0 Å². The Morgan fingerprint density at radius 2 is 1.47 bits per heavy atom. The minimum Gasteiger partial charge on any atom is -0.431 e. The number of hydrogen-bond donors (Lipinski definition) is 0. The zero-order valence-corrected chi connectivity index (χ0v) is 19.7. The predicted octanol–water partition coefficient (Wildman–Crippen LogP) is 6.08. The summed E-state index contributed by atoms with van der Waals surface area (Å²) in [6.07, 6.45) is 3.79. The van der Waals surface area contributed by atoms with Crippen molar-refractivity contribution in [1.82, 2.24) is 0 Å². The molecule has 0 bridgehead atoms. The zero-order chi connectivity index (χ0) is 24.9. The lowest BCUT2D eigenvalue weighted by atomic mass is 10.0. The first kappa shape index (κ1) is 26.6. The summed E-state index contributed by atoms with van der Waals surface area (Å²) in [5, 5.41) is 0. The van der Waals surface area contributed by atoms with Crippen molar-refractivity contribution in [2.75, 3.05) is 0 Å². The highest BCUT2D eigenvalue weighted by Gasteiger charge is 2.23. The van der Waals surface area contributed by atoms with Crippen molar-refractivity contribution in [3.63, 3.8) is 0 Å². The van der Waals surface area contributed by atoms with Crippen molar-refractivity contribution in [3.05, 3.63) is 65.2 Å². The Morgan fingerprint density at radius 1 is 0.794 bits per heavy atom. The van der Waals surface area contributed by atoms with Gasteiger partial charge in [0.1, 0.15) is 11.3 Å². The third kappa shape index (κ3) is 8.69. The van der Waals surface area contributed by atoms with Crippen LogP contribution in [0.3, 0.4) is 0 Å². The molecule has 0 heterocycles. The minimum absolute atomic E-state index is 0.164. The van der Waals surface area contributed by atoms with Gasteiger partial charge in [0.15, 0.2) is 5.78 Å². The van der Waals surface area contributed by atoms with Crippen LogP contribution in [0, 0.1) is 0 Å². The first-order valence-corrected chi connectivity index (χ1v) is 11.4. The molecule has 0 saturated heterocycles. The number of hydrogen-bond acceptors (Lipinski definition) is 8. The number of carbonyl (C=O) groups excluding carboxylic acids is 4. The maximum absolute atomic E-state index is 12.7. The van der Waals surface area contributed by atoms with E-state index in [0.717, 1.165) is 32.1 Å². The molecule has 0 unspecified atom stereocenters. The van der Waals surface area contributed by atoms with Gasteiger partial charge in [-0.1, -0.05) is 50.8 Å². The van der Waals surface area contributed by atoms with E-state index in [0.29, 0.717) is 6.42 Å². The first-order chi connectivity index (χ1) is 16.3. The van der Waals surface area contributed by atoms with E-state index < -0.39 is 24.2 Å². The summed E-state index contributed by atoms with van der Waals surface area (Å²) < 4.78 is 10.1. The summed E-state index contributed by atoms with van der Waals surface area (Å²) in [6.45, 7) is 5.40. The van der Waals surface area contributed by atoms with Gasteiger partial charge in [-0.25, -0.2) is 24.2 Å². The van der Waals surface area contributed by atoms with Gasteiger partial charge in [0, 0.05) is 12.0 Å². The average molecular weight is 471 g/mol. The Labute approximate surface area is 199 Å². The van der Waals surface area contributed by atoms with Gasteiger partial charge in [-0.3, -0.25) is 4.79 Å². The standard InChI is InChI=1S/C26H30O8/c1-4-5-6-7-11-14-22(27)20-15-16-23(32-26(30)31-18(2)3)21(17-20)25(29)34-33-24(28)19-12-9-8-10-13-19/h8-10,12-13,15-18H,4-7,11,14H2,1-3H3. The maximum atomic E-state index is 12.7. The molecule has 182 valence electrons. The van der Waals surface area contributed by atoms with E-state index >= 15 is 0 Å². The molecule has 0 atom stereocenters. The number of rotatable bonds is 11. The molecular formula is C26H30O8. The largest absolute Gasteiger partial charge is 0.514 e. The molecule has 8 nitrogen and oxygen atoms in total. The Morgan fingerprint density at radius 3 is 2.15 bits per heavy atom. The van der Waals surface area contributed by atoms with Crippen LogP contribution in [-0.2, 0) is 14.5 Å². The van der Waals surface area contributed by atoms with Crippen LogP contribution in [0.25, 0.3) is 0 Å². The number of Topliss-reactive ketones (excluding diaryl/α,β-unsaturated/α-hetero) is 1. The van der Waals surface area contributed by atoms with Gasteiger partial charge < -0.3 is 9.47 Å². The summed E-state index contributed by atoms with van der Waals surface area (Å²) in [5.41, 5.74) is 0.180. The highest BCUT2D eigenvalue weighted by atomic mass is 17.2. The normalized spacial score (nSPS) is 10.5. The second-order valence-corrected chi connectivity index (χ2v) is 7.92. The lowest BCUT2D eigenvalue weighted by molar-refractivity contribution is -0.187. The zero-order valence-electron chi connectivity index (χ0n) is 19.7. The van der Waals surface area contributed by atoms with E-state index in [2.05, 4.69) is 16.7 Å². The van der Waals surface area contributed by atoms with Crippen LogP contribution in [0.15, 0.2) is 48.5 Å². The molecule has 8 heteroatoms. The van der Waals surface area contributed by atoms with E-state index in [1.807, 2.05) is 0 Å². The van der Waals surface area contributed by atoms with Crippen molar-refractivity contribution in [3.8, 4) is 5.75 Å². The van der Waals surface area contributed by atoms with Gasteiger partial charge in [0.2, 0.25) is 0 Å². The van der Waals surface area contributed by atoms with E-state index in [1.54, 1.807) is 32.0 Å². The Hall–Kier alpha value is -3.68.